The van der Waals surface area contributed by atoms with Gasteiger partial charge >= 0.3 is 11.9 Å². The number of fused-ring (bicyclic) bond motifs is 2. The van der Waals surface area contributed by atoms with Crippen molar-refractivity contribution in [2.75, 3.05) is 19.7 Å². The number of hydrogen-bond donors (Lipinski definition) is 2. The first kappa shape index (κ1) is 28.9. The van der Waals surface area contributed by atoms with E-state index in [0.29, 0.717) is 24.5 Å². The maximum absolute atomic E-state index is 11.6. The number of ether oxygens (including phenoxy) is 1. The van der Waals surface area contributed by atoms with Crippen LogP contribution in [-0.4, -0.2) is 46.7 Å². The summed E-state index contributed by atoms with van der Waals surface area (Å²) in [7, 11) is 0. The zero-order valence-electron chi connectivity index (χ0n) is 23.8. The average molecular weight is 556 g/mol. The molecule has 0 saturated carbocycles. The Morgan fingerprint density at radius 1 is 0.854 bits per heavy atom. The Balaban J connectivity index is 1.27. The van der Waals surface area contributed by atoms with Gasteiger partial charge in [-0.05, 0) is 116 Å². The number of para-hydroxylation sites is 1. The number of carboxylic acids is 2. The monoisotopic (exact) mass is 555 g/mol. The van der Waals surface area contributed by atoms with Crippen molar-refractivity contribution in [3.8, 4) is 5.75 Å². The van der Waals surface area contributed by atoms with E-state index in [2.05, 4.69) is 47.4 Å². The van der Waals surface area contributed by atoms with Crippen molar-refractivity contribution >= 4 is 11.9 Å². The van der Waals surface area contributed by atoms with Gasteiger partial charge in [0.05, 0.1) is 12.2 Å². The topological polar surface area (TPSA) is 87.1 Å². The number of aliphatic carboxylic acids is 1. The molecule has 1 unspecified atom stereocenters. The molecule has 0 fully saturated rings. The summed E-state index contributed by atoms with van der Waals surface area (Å²) in [6.07, 6.45) is 8.71. The molecular formula is C35H41NO5. The van der Waals surface area contributed by atoms with Crippen molar-refractivity contribution in [1.29, 1.82) is 0 Å². The van der Waals surface area contributed by atoms with Gasteiger partial charge in [0.2, 0.25) is 0 Å². The molecule has 0 radical (unpaired) electrons. The Morgan fingerprint density at radius 3 is 2.49 bits per heavy atom. The van der Waals surface area contributed by atoms with Gasteiger partial charge in [-0.2, -0.15) is 0 Å². The number of hydrogen-bond acceptors (Lipinski definition) is 4. The minimum absolute atomic E-state index is 0.180. The second-order valence-corrected chi connectivity index (χ2v) is 11.6. The molecule has 3 aromatic rings. The highest BCUT2D eigenvalue weighted by Gasteiger charge is 2.27. The summed E-state index contributed by atoms with van der Waals surface area (Å²) < 4.78 is 6.45. The van der Waals surface area contributed by atoms with E-state index in [9.17, 15) is 14.7 Å². The van der Waals surface area contributed by atoms with Crippen LogP contribution in [0.4, 0.5) is 0 Å². The first-order valence-corrected chi connectivity index (χ1v) is 15.1. The molecule has 2 aliphatic rings. The summed E-state index contributed by atoms with van der Waals surface area (Å²) >= 11 is 0. The van der Waals surface area contributed by atoms with Crippen LogP contribution in [-0.2, 0) is 30.5 Å². The minimum Gasteiger partial charge on any atom is -0.493 e. The lowest BCUT2D eigenvalue weighted by atomic mass is 9.84. The van der Waals surface area contributed by atoms with E-state index in [4.69, 9.17) is 9.84 Å². The third-order valence-corrected chi connectivity index (χ3v) is 8.76. The lowest BCUT2D eigenvalue weighted by Gasteiger charge is -2.36. The largest absolute Gasteiger partial charge is 0.493 e. The van der Waals surface area contributed by atoms with Crippen LogP contribution in [0.5, 0.6) is 5.75 Å². The molecule has 0 heterocycles. The lowest BCUT2D eigenvalue weighted by Crippen LogP contribution is -2.34. The van der Waals surface area contributed by atoms with E-state index < -0.39 is 11.9 Å². The van der Waals surface area contributed by atoms with Crippen LogP contribution >= 0.6 is 0 Å². The second-order valence-electron chi connectivity index (χ2n) is 11.6. The summed E-state index contributed by atoms with van der Waals surface area (Å²) in [5.41, 5.74) is 6.77. The van der Waals surface area contributed by atoms with Gasteiger partial charge in [-0.3, -0.25) is 9.69 Å². The van der Waals surface area contributed by atoms with Crippen molar-refractivity contribution in [1.82, 2.24) is 4.90 Å². The predicted molar refractivity (Wildman–Crippen MR) is 160 cm³/mol. The minimum atomic E-state index is -0.894. The number of rotatable bonds is 13. The zero-order chi connectivity index (χ0) is 28.6. The number of carbonyl (C=O) groups is 2. The maximum Gasteiger partial charge on any atom is 0.335 e. The Labute approximate surface area is 243 Å². The normalized spacial score (nSPS) is 18.0. The molecule has 0 amide bonds. The van der Waals surface area contributed by atoms with Crippen molar-refractivity contribution in [2.24, 2.45) is 5.92 Å². The van der Waals surface area contributed by atoms with E-state index in [-0.39, 0.29) is 12.5 Å². The maximum atomic E-state index is 11.6. The standard InChI is InChI=1S/C35H41NO5/c37-34(38)14-5-6-20-36(32-12-7-11-29-23-30(35(39)40)17-18-31(29)32)21-19-27-9-3-4-13-33(27)41-24-25-15-16-26-8-1-2-10-28(26)22-25/h1-4,8-10,13,17-18,23,25,32H,5-7,11-12,14-16,19-22,24H2,(H,37,38)(H,39,40)/t25-,32?/m1/s1. The Bertz CT molecular complexity index is 1350. The highest BCUT2D eigenvalue weighted by Crippen LogP contribution is 2.36. The van der Waals surface area contributed by atoms with Crippen molar-refractivity contribution in [2.45, 2.75) is 70.3 Å². The van der Waals surface area contributed by atoms with Crippen molar-refractivity contribution in [3.63, 3.8) is 0 Å². The van der Waals surface area contributed by atoms with Crippen LogP contribution in [0.2, 0.25) is 0 Å². The number of nitrogens with zero attached hydrogens (tertiary/aromatic N) is 1. The van der Waals surface area contributed by atoms with Crippen LogP contribution in [0.25, 0.3) is 0 Å². The predicted octanol–water partition coefficient (Wildman–Crippen LogP) is 6.75. The summed E-state index contributed by atoms with van der Waals surface area (Å²) in [5, 5.41) is 18.6. The van der Waals surface area contributed by atoms with E-state index in [0.717, 1.165) is 75.8 Å². The van der Waals surface area contributed by atoms with E-state index in [1.165, 1.54) is 22.3 Å². The van der Waals surface area contributed by atoms with Gasteiger partial charge in [0, 0.05) is 19.0 Å². The summed E-state index contributed by atoms with van der Waals surface area (Å²) in [5.74, 6) is -0.187. The number of benzene rings is 3. The van der Waals surface area contributed by atoms with Gasteiger partial charge in [-0.15, -0.1) is 0 Å². The van der Waals surface area contributed by atoms with Gasteiger partial charge in [0.25, 0.3) is 0 Å². The Kier molecular flexibility index (Phi) is 9.73. The van der Waals surface area contributed by atoms with Crippen LogP contribution in [0.15, 0.2) is 66.7 Å². The Hall–Kier alpha value is -3.64. The number of unbranched alkanes of at least 4 members (excludes halogenated alkanes) is 1. The quantitative estimate of drug-likeness (QED) is 0.227. The molecule has 41 heavy (non-hydrogen) atoms. The fourth-order valence-corrected chi connectivity index (χ4v) is 6.55. The van der Waals surface area contributed by atoms with Gasteiger partial charge in [0.1, 0.15) is 5.75 Å². The number of aromatic carboxylic acids is 1. The van der Waals surface area contributed by atoms with Gasteiger partial charge in [0.15, 0.2) is 0 Å². The van der Waals surface area contributed by atoms with Crippen LogP contribution in [0, 0.1) is 5.92 Å². The van der Waals surface area contributed by atoms with E-state index >= 15 is 0 Å². The molecule has 216 valence electrons. The molecule has 6 nitrogen and oxygen atoms in total. The van der Waals surface area contributed by atoms with Crippen LogP contribution in [0.1, 0.15) is 82.7 Å². The fourth-order valence-electron chi connectivity index (χ4n) is 6.55. The average Bonchev–Trinajstić information content (AvgIpc) is 2.99. The molecule has 5 rings (SSSR count). The Morgan fingerprint density at radius 2 is 1.66 bits per heavy atom. The molecule has 0 saturated heterocycles. The third-order valence-electron chi connectivity index (χ3n) is 8.76. The van der Waals surface area contributed by atoms with E-state index in [1.807, 2.05) is 18.2 Å². The zero-order valence-corrected chi connectivity index (χ0v) is 23.8. The number of carboxylic acid groups (broad SMARTS) is 2. The molecule has 0 aliphatic heterocycles. The van der Waals surface area contributed by atoms with E-state index in [1.54, 1.807) is 6.07 Å². The molecule has 6 heteroatoms. The molecular weight excluding hydrogens is 514 g/mol. The molecule has 2 aliphatic carbocycles. The lowest BCUT2D eigenvalue weighted by molar-refractivity contribution is -0.137. The van der Waals surface area contributed by atoms with Crippen molar-refractivity contribution in [3.05, 3.63) is 100 Å². The summed E-state index contributed by atoms with van der Waals surface area (Å²) in [6.45, 7) is 2.35. The van der Waals surface area contributed by atoms with Gasteiger partial charge < -0.3 is 14.9 Å². The SMILES string of the molecule is O=C(O)CCCCN(CCc1ccccc1OC[C@@H]1CCc2ccccc2C1)C1CCCc2cc(C(=O)O)ccc21. The van der Waals surface area contributed by atoms with Crippen LogP contribution < -0.4 is 4.74 Å². The molecule has 2 atom stereocenters. The second kappa shape index (κ2) is 13.8. The van der Waals surface area contributed by atoms with Gasteiger partial charge in [-0.25, -0.2) is 4.79 Å². The molecule has 3 aromatic carbocycles. The molecule has 0 aromatic heterocycles. The molecule has 2 N–H and O–H groups in total. The molecule has 0 bridgehead atoms. The van der Waals surface area contributed by atoms with Crippen LogP contribution in [0.3, 0.4) is 0 Å². The van der Waals surface area contributed by atoms with Gasteiger partial charge in [-0.1, -0.05) is 48.5 Å². The highest BCUT2D eigenvalue weighted by atomic mass is 16.5. The fraction of sp³-hybridized carbons (Fsp3) is 0.429. The summed E-state index contributed by atoms with van der Waals surface area (Å²) in [4.78, 5) is 25.1. The highest BCUT2D eigenvalue weighted by molar-refractivity contribution is 5.88. The smallest absolute Gasteiger partial charge is 0.335 e. The number of aryl methyl sites for hydroxylation is 2. The van der Waals surface area contributed by atoms with Crippen molar-refractivity contribution < 1.29 is 24.5 Å². The molecule has 0 spiro atoms. The first-order chi connectivity index (χ1) is 20.0. The summed E-state index contributed by atoms with van der Waals surface area (Å²) in [6, 6.07) is 22.8. The first-order valence-electron chi connectivity index (χ1n) is 15.1. The third kappa shape index (κ3) is 7.56.